The van der Waals surface area contributed by atoms with Crippen LogP contribution in [-0.2, 0) is 11.3 Å². The molecule has 0 aliphatic heterocycles. The van der Waals surface area contributed by atoms with Gasteiger partial charge in [0.2, 0.25) is 5.91 Å². The standard InChI is InChI=1S/C21H19N3O2/c25-20(14-24-21(26)13-12-18(23-24)16-10-11-16)22-19-9-5-4-8-17(19)15-6-2-1-3-7-15/h1-9,12-13,16H,10-11,14H2,(H,22,25). The summed E-state index contributed by atoms with van der Waals surface area (Å²) in [6.45, 7) is -0.0947. The average Bonchev–Trinajstić information content (AvgIpc) is 3.50. The number of carbonyl (C=O) groups excluding carboxylic acids is 1. The van der Waals surface area contributed by atoms with Crippen LogP contribution in [0, 0.1) is 0 Å². The summed E-state index contributed by atoms with van der Waals surface area (Å²) in [6, 6.07) is 20.7. The molecule has 0 bridgehead atoms. The maximum atomic E-state index is 12.5. The van der Waals surface area contributed by atoms with Crippen molar-refractivity contribution in [3.05, 3.63) is 82.8 Å². The molecule has 0 atom stereocenters. The molecule has 1 aliphatic carbocycles. The Morgan fingerprint density at radius 2 is 1.73 bits per heavy atom. The van der Waals surface area contributed by atoms with Gasteiger partial charge < -0.3 is 5.32 Å². The Bertz CT molecular complexity index is 991. The first-order chi connectivity index (χ1) is 12.7. The van der Waals surface area contributed by atoms with E-state index in [4.69, 9.17) is 0 Å². The van der Waals surface area contributed by atoms with E-state index in [9.17, 15) is 9.59 Å². The van der Waals surface area contributed by atoms with Gasteiger partial charge in [-0.1, -0.05) is 48.5 Å². The van der Waals surface area contributed by atoms with Crippen molar-refractivity contribution in [3.8, 4) is 11.1 Å². The molecule has 1 N–H and O–H groups in total. The molecule has 0 spiro atoms. The second kappa shape index (κ2) is 6.96. The van der Waals surface area contributed by atoms with Crippen LogP contribution in [0.2, 0.25) is 0 Å². The number of carbonyl (C=O) groups is 1. The van der Waals surface area contributed by atoms with Gasteiger partial charge in [-0.2, -0.15) is 5.10 Å². The summed E-state index contributed by atoms with van der Waals surface area (Å²) in [5.74, 6) is 0.166. The van der Waals surface area contributed by atoms with E-state index in [1.165, 1.54) is 10.7 Å². The first kappa shape index (κ1) is 16.3. The summed E-state index contributed by atoms with van der Waals surface area (Å²) < 4.78 is 1.24. The Hall–Kier alpha value is -3.21. The quantitative estimate of drug-likeness (QED) is 0.770. The number of para-hydroxylation sites is 1. The summed E-state index contributed by atoms with van der Waals surface area (Å²) in [6.07, 6.45) is 2.20. The van der Waals surface area contributed by atoms with Gasteiger partial charge in [0.05, 0.1) is 5.69 Å². The number of amides is 1. The zero-order valence-corrected chi connectivity index (χ0v) is 14.3. The summed E-state index contributed by atoms with van der Waals surface area (Å²) in [4.78, 5) is 24.5. The van der Waals surface area contributed by atoms with Crippen LogP contribution < -0.4 is 10.9 Å². The Morgan fingerprint density at radius 3 is 2.50 bits per heavy atom. The maximum absolute atomic E-state index is 12.5. The lowest BCUT2D eigenvalue weighted by molar-refractivity contribution is -0.117. The van der Waals surface area contributed by atoms with Gasteiger partial charge in [-0.15, -0.1) is 0 Å². The Morgan fingerprint density at radius 1 is 1.00 bits per heavy atom. The monoisotopic (exact) mass is 345 g/mol. The lowest BCUT2D eigenvalue weighted by atomic mass is 10.0. The van der Waals surface area contributed by atoms with E-state index in [0.717, 1.165) is 35.3 Å². The Balaban J connectivity index is 1.55. The van der Waals surface area contributed by atoms with Gasteiger partial charge in [-0.05, 0) is 30.5 Å². The number of aromatic nitrogens is 2. The van der Waals surface area contributed by atoms with Gasteiger partial charge in [-0.25, -0.2) is 4.68 Å². The number of hydrogen-bond acceptors (Lipinski definition) is 3. The van der Waals surface area contributed by atoms with E-state index in [1.54, 1.807) is 6.07 Å². The molecule has 5 nitrogen and oxygen atoms in total. The zero-order valence-electron chi connectivity index (χ0n) is 14.3. The summed E-state index contributed by atoms with van der Waals surface area (Å²) >= 11 is 0. The lowest BCUT2D eigenvalue weighted by Crippen LogP contribution is -2.29. The molecule has 1 saturated carbocycles. The molecular weight excluding hydrogens is 326 g/mol. The predicted octanol–water partition coefficient (Wildman–Crippen LogP) is 3.43. The van der Waals surface area contributed by atoms with Crippen molar-refractivity contribution in [1.82, 2.24) is 9.78 Å². The largest absolute Gasteiger partial charge is 0.324 e. The van der Waals surface area contributed by atoms with Crippen molar-refractivity contribution in [2.45, 2.75) is 25.3 Å². The molecule has 26 heavy (non-hydrogen) atoms. The number of anilines is 1. The minimum absolute atomic E-state index is 0.0947. The predicted molar refractivity (Wildman–Crippen MR) is 101 cm³/mol. The van der Waals surface area contributed by atoms with Crippen molar-refractivity contribution >= 4 is 11.6 Å². The fourth-order valence-corrected chi connectivity index (χ4v) is 2.96. The van der Waals surface area contributed by atoms with E-state index >= 15 is 0 Å². The molecule has 4 rings (SSSR count). The van der Waals surface area contributed by atoms with Crippen molar-refractivity contribution in [2.24, 2.45) is 0 Å². The van der Waals surface area contributed by atoms with Gasteiger partial charge >= 0.3 is 0 Å². The Kier molecular flexibility index (Phi) is 4.35. The van der Waals surface area contributed by atoms with Crippen LogP contribution in [0.3, 0.4) is 0 Å². The first-order valence-corrected chi connectivity index (χ1v) is 8.73. The summed E-state index contributed by atoms with van der Waals surface area (Å²) in [5.41, 5.74) is 3.31. The number of hydrogen-bond donors (Lipinski definition) is 1. The minimum Gasteiger partial charge on any atom is -0.324 e. The highest BCUT2D eigenvalue weighted by Gasteiger charge is 2.25. The number of benzene rings is 2. The topological polar surface area (TPSA) is 64.0 Å². The van der Waals surface area contributed by atoms with E-state index in [1.807, 2.05) is 54.6 Å². The fraction of sp³-hybridized carbons (Fsp3) is 0.190. The van der Waals surface area contributed by atoms with Gasteiger partial charge in [0.1, 0.15) is 6.54 Å². The molecule has 1 fully saturated rings. The molecule has 1 amide bonds. The molecule has 0 unspecified atom stereocenters. The second-order valence-electron chi connectivity index (χ2n) is 6.49. The minimum atomic E-state index is -0.268. The van der Waals surface area contributed by atoms with Crippen LogP contribution in [0.4, 0.5) is 5.69 Å². The molecule has 1 aliphatic rings. The van der Waals surface area contributed by atoms with E-state index < -0.39 is 0 Å². The number of nitrogens with zero attached hydrogens (tertiary/aromatic N) is 2. The zero-order chi connectivity index (χ0) is 17.9. The third-order valence-corrected chi connectivity index (χ3v) is 4.46. The molecule has 0 radical (unpaired) electrons. The third kappa shape index (κ3) is 3.57. The van der Waals surface area contributed by atoms with Crippen molar-refractivity contribution < 1.29 is 4.79 Å². The molecule has 130 valence electrons. The summed E-state index contributed by atoms with van der Waals surface area (Å²) in [5, 5.41) is 7.25. The van der Waals surface area contributed by atoms with Crippen LogP contribution in [-0.4, -0.2) is 15.7 Å². The maximum Gasteiger partial charge on any atom is 0.267 e. The highest BCUT2D eigenvalue weighted by molar-refractivity contribution is 5.95. The summed E-state index contributed by atoms with van der Waals surface area (Å²) in [7, 11) is 0. The van der Waals surface area contributed by atoms with Crippen molar-refractivity contribution in [3.63, 3.8) is 0 Å². The van der Waals surface area contributed by atoms with E-state index in [0.29, 0.717) is 5.92 Å². The third-order valence-electron chi connectivity index (χ3n) is 4.46. The molecule has 2 aromatic carbocycles. The van der Waals surface area contributed by atoms with Gasteiger partial charge in [0, 0.05) is 23.2 Å². The van der Waals surface area contributed by atoms with E-state index in [2.05, 4.69) is 10.4 Å². The molecule has 1 heterocycles. The normalized spacial score (nSPS) is 13.4. The van der Waals surface area contributed by atoms with Crippen LogP contribution in [0.1, 0.15) is 24.5 Å². The number of nitrogens with one attached hydrogen (secondary N) is 1. The van der Waals surface area contributed by atoms with Crippen LogP contribution in [0.15, 0.2) is 71.5 Å². The van der Waals surface area contributed by atoms with Crippen molar-refractivity contribution in [2.75, 3.05) is 5.32 Å². The Labute approximate surface area is 151 Å². The first-order valence-electron chi connectivity index (χ1n) is 8.73. The highest BCUT2D eigenvalue weighted by atomic mass is 16.2. The van der Waals surface area contributed by atoms with Gasteiger partial charge in [0.25, 0.3) is 5.56 Å². The van der Waals surface area contributed by atoms with Crippen molar-refractivity contribution in [1.29, 1.82) is 0 Å². The van der Waals surface area contributed by atoms with E-state index in [-0.39, 0.29) is 18.0 Å². The molecule has 5 heteroatoms. The van der Waals surface area contributed by atoms with Crippen LogP contribution in [0.5, 0.6) is 0 Å². The smallest absolute Gasteiger partial charge is 0.267 e. The average molecular weight is 345 g/mol. The molecule has 1 aromatic heterocycles. The van der Waals surface area contributed by atoms with Crippen LogP contribution in [0.25, 0.3) is 11.1 Å². The van der Waals surface area contributed by atoms with Crippen LogP contribution >= 0.6 is 0 Å². The lowest BCUT2D eigenvalue weighted by Gasteiger charge is -2.12. The molecule has 3 aromatic rings. The fourth-order valence-electron chi connectivity index (χ4n) is 2.96. The molecular formula is C21H19N3O2. The molecule has 0 saturated heterocycles. The second-order valence-corrected chi connectivity index (χ2v) is 6.49. The van der Waals surface area contributed by atoms with Gasteiger partial charge in [-0.3, -0.25) is 9.59 Å². The van der Waals surface area contributed by atoms with Gasteiger partial charge in [0.15, 0.2) is 0 Å². The SMILES string of the molecule is O=C(Cn1nc(C2CC2)ccc1=O)Nc1ccccc1-c1ccccc1. The number of rotatable bonds is 5. The highest BCUT2D eigenvalue weighted by Crippen LogP contribution is 2.38.